The molecule has 2 amide bonds. The molecule has 2 saturated heterocycles. The van der Waals surface area contributed by atoms with E-state index >= 15 is 0 Å². The van der Waals surface area contributed by atoms with Gasteiger partial charge in [0, 0.05) is 25.2 Å². The van der Waals surface area contributed by atoms with Crippen LogP contribution in [0, 0.1) is 5.92 Å². The molecule has 0 saturated carbocycles. The quantitative estimate of drug-likeness (QED) is 0.770. The maximum atomic E-state index is 12.5. The Labute approximate surface area is 148 Å². The van der Waals surface area contributed by atoms with Crippen LogP contribution in [0.4, 0.5) is 11.4 Å². The maximum absolute atomic E-state index is 12.5. The fourth-order valence-electron chi connectivity index (χ4n) is 3.33. The average molecular weight is 353 g/mol. The van der Waals surface area contributed by atoms with E-state index in [1.54, 1.807) is 12.1 Å². The fourth-order valence-corrected chi connectivity index (χ4v) is 3.33. The lowest BCUT2D eigenvalue weighted by Gasteiger charge is -2.25. The summed E-state index contributed by atoms with van der Waals surface area (Å²) >= 11 is 0. The van der Waals surface area contributed by atoms with Gasteiger partial charge in [-0.3, -0.25) is 9.59 Å². The summed E-state index contributed by atoms with van der Waals surface area (Å²) in [7, 11) is 0. The third-order valence-electron chi connectivity index (χ3n) is 4.65. The highest BCUT2D eigenvalue weighted by atomic mass is 35.5. The number of carbonyl (C=O) groups excluding carboxylic acids is 2. The number of anilines is 2. The van der Waals surface area contributed by atoms with Gasteiger partial charge < -0.3 is 21.3 Å². The Kier molecular flexibility index (Phi) is 6.45. The number of primary amides is 1. The largest absolute Gasteiger partial charge is 0.370 e. The van der Waals surface area contributed by atoms with Crippen molar-refractivity contribution in [3.05, 3.63) is 23.8 Å². The molecule has 6 nitrogen and oxygen atoms in total. The van der Waals surface area contributed by atoms with E-state index in [1.807, 2.05) is 6.07 Å². The summed E-state index contributed by atoms with van der Waals surface area (Å²) in [6.07, 6.45) is 4.21. The predicted octanol–water partition coefficient (Wildman–Crippen LogP) is 1.75. The predicted molar refractivity (Wildman–Crippen MR) is 97.9 cm³/mol. The second kappa shape index (κ2) is 8.35. The first-order valence-electron chi connectivity index (χ1n) is 8.35. The van der Waals surface area contributed by atoms with Crippen molar-refractivity contribution in [2.45, 2.75) is 25.7 Å². The van der Waals surface area contributed by atoms with E-state index < -0.39 is 5.91 Å². The SMILES string of the molecule is Cl.NC(=O)c1ccc(N2CCCC2)c(NC(=O)C2CCCNC2)c1. The van der Waals surface area contributed by atoms with Gasteiger partial charge in [-0.2, -0.15) is 0 Å². The zero-order valence-corrected chi connectivity index (χ0v) is 14.5. The van der Waals surface area contributed by atoms with Gasteiger partial charge in [-0.1, -0.05) is 0 Å². The molecule has 24 heavy (non-hydrogen) atoms. The summed E-state index contributed by atoms with van der Waals surface area (Å²) < 4.78 is 0. The van der Waals surface area contributed by atoms with Crippen LogP contribution < -0.4 is 21.3 Å². The Morgan fingerprint density at radius 1 is 1.21 bits per heavy atom. The molecule has 1 aromatic rings. The number of hydrogen-bond donors (Lipinski definition) is 3. The van der Waals surface area contributed by atoms with Crippen molar-refractivity contribution < 1.29 is 9.59 Å². The van der Waals surface area contributed by atoms with E-state index in [-0.39, 0.29) is 24.2 Å². The Balaban J connectivity index is 0.00000208. The fraction of sp³-hybridized carbons (Fsp3) is 0.529. The normalized spacial score (nSPS) is 20.3. The van der Waals surface area contributed by atoms with Crippen molar-refractivity contribution in [3.8, 4) is 0 Å². The molecule has 2 aliphatic rings. The van der Waals surface area contributed by atoms with Gasteiger partial charge >= 0.3 is 0 Å². The molecule has 0 spiro atoms. The van der Waals surface area contributed by atoms with E-state index in [9.17, 15) is 9.59 Å². The second-order valence-electron chi connectivity index (χ2n) is 6.32. The van der Waals surface area contributed by atoms with Gasteiger partial charge in [-0.25, -0.2) is 0 Å². The summed E-state index contributed by atoms with van der Waals surface area (Å²) in [5, 5.41) is 6.28. The van der Waals surface area contributed by atoms with Gasteiger partial charge in [0.1, 0.15) is 0 Å². The number of nitrogens with zero attached hydrogens (tertiary/aromatic N) is 1. The van der Waals surface area contributed by atoms with E-state index in [1.165, 1.54) is 0 Å². The average Bonchev–Trinajstić information content (AvgIpc) is 3.09. The van der Waals surface area contributed by atoms with E-state index in [0.29, 0.717) is 17.8 Å². The monoisotopic (exact) mass is 352 g/mol. The summed E-state index contributed by atoms with van der Waals surface area (Å²) in [4.78, 5) is 26.2. The minimum absolute atomic E-state index is 0. The lowest BCUT2D eigenvalue weighted by atomic mass is 9.98. The van der Waals surface area contributed by atoms with Crippen LogP contribution in [0.3, 0.4) is 0 Å². The van der Waals surface area contributed by atoms with E-state index in [2.05, 4.69) is 15.5 Å². The molecule has 3 rings (SSSR count). The van der Waals surface area contributed by atoms with Crippen LogP contribution in [0.1, 0.15) is 36.0 Å². The lowest BCUT2D eigenvalue weighted by Crippen LogP contribution is -2.37. The number of nitrogens with two attached hydrogens (primary N) is 1. The first-order valence-corrected chi connectivity index (χ1v) is 8.35. The van der Waals surface area contributed by atoms with Crippen LogP contribution in [0.25, 0.3) is 0 Å². The third kappa shape index (κ3) is 4.19. The molecular formula is C17H25ClN4O2. The molecule has 2 aliphatic heterocycles. The Morgan fingerprint density at radius 3 is 2.58 bits per heavy atom. The first-order chi connectivity index (χ1) is 11.1. The Hall–Kier alpha value is -1.79. The van der Waals surface area contributed by atoms with Gasteiger partial charge in [0.2, 0.25) is 11.8 Å². The molecule has 0 aliphatic carbocycles. The van der Waals surface area contributed by atoms with Gasteiger partial charge in [0.15, 0.2) is 0 Å². The molecule has 132 valence electrons. The number of amides is 2. The van der Waals surface area contributed by atoms with E-state index in [0.717, 1.165) is 51.0 Å². The molecule has 1 unspecified atom stereocenters. The Bertz CT molecular complexity index is 596. The molecule has 0 bridgehead atoms. The standard InChI is InChI=1S/C17H24N4O2.ClH/c18-16(22)12-5-6-15(21-8-1-2-9-21)14(10-12)20-17(23)13-4-3-7-19-11-13;/h5-6,10,13,19H,1-4,7-9,11H2,(H2,18,22)(H,20,23);1H. The van der Waals surface area contributed by atoms with Crippen molar-refractivity contribution in [3.63, 3.8) is 0 Å². The highest BCUT2D eigenvalue weighted by Crippen LogP contribution is 2.30. The topological polar surface area (TPSA) is 87.5 Å². The van der Waals surface area contributed by atoms with Crippen LogP contribution in [0.15, 0.2) is 18.2 Å². The van der Waals surface area contributed by atoms with Crippen molar-refractivity contribution in [2.75, 3.05) is 36.4 Å². The van der Waals surface area contributed by atoms with Crippen LogP contribution in [0.5, 0.6) is 0 Å². The highest BCUT2D eigenvalue weighted by Gasteiger charge is 2.23. The summed E-state index contributed by atoms with van der Waals surface area (Å²) in [5.74, 6) is -0.487. The first kappa shape index (κ1) is 18.5. The van der Waals surface area contributed by atoms with Crippen molar-refractivity contribution >= 4 is 35.6 Å². The zero-order valence-electron chi connectivity index (χ0n) is 13.7. The number of benzene rings is 1. The molecule has 0 aromatic heterocycles. The molecule has 1 atom stereocenters. The lowest BCUT2D eigenvalue weighted by molar-refractivity contribution is -0.120. The zero-order chi connectivity index (χ0) is 16.2. The number of carbonyl (C=O) groups is 2. The van der Waals surface area contributed by atoms with Crippen LogP contribution in [0.2, 0.25) is 0 Å². The van der Waals surface area contributed by atoms with Crippen LogP contribution in [-0.2, 0) is 4.79 Å². The minimum atomic E-state index is -0.479. The second-order valence-corrected chi connectivity index (χ2v) is 6.32. The van der Waals surface area contributed by atoms with Gasteiger partial charge in [0.05, 0.1) is 17.3 Å². The van der Waals surface area contributed by atoms with Gasteiger partial charge in [-0.15, -0.1) is 12.4 Å². The van der Waals surface area contributed by atoms with Crippen molar-refractivity contribution in [1.82, 2.24) is 5.32 Å². The third-order valence-corrected chi connectivity index (χ3v) is 4.65. The summed E-state index contributed by atoms with van der Waals surface area (Å²) in [6, 6.07) is 5.32. The molecular weight excluding hydrogens is 328 g/mol. The molecule has 4 N–H and O–H groups in total. The maximum Gasteiger partial charge on any atom is 0.248 e. The van der Waals surface area contributed by atoms with E-state index in [4.69, 9.17) is 5.73 Å². The smallest absolute Gasteiger partial charge is 0.248 e. The number of piperidine rings is 1. The number of hydrogen-bond acceptors (Lipinski definition) is 4. The molecule has 7 heteroatoms. The van der Waals surface area contributed by atoms with Crippen LogP contribution >= 0.6 is 12.4 Å². The van der Waals surface area contributed by atoms with Crippen molar-refractivity contribution in [2.24, 2.45) is 11.7 Å². The van der Waals surface area contributed by atoms with Crippen LogP contribution in [-0.4, -0.2) is 38.0 Å². The highest BCUT2D eigenvalue weighted by molar-refractivity contribution is 6.00. The summed E-state index contributed by atoms with van der Waals surface area (Å²) in [5.41, 5.74) is 7.48. The Morgan fingerprint density at radius 2 is 1.96 bits per heavy atom. The van der Waals surface area contributed by atoms with Crippen molar-refractivity contribution in [1.29, 1.82) is 0 Å². The van der Waals surface area contributed by atoms with Gasteiger partial charge in [-0.05, 0) is 50.4 Å². The molecule has 2 fully saturated rings. The molecule has 1 aromatic carbocycles. The number of nitrogens with one attached hydrogen (secondary N) is 2. The summed E-state index contributed by atoms with van der Waals surface area (Å²) in [6.45, 7) is 3.63. The van der Waals surface area contributed by atoms with Gasteiger partial charge in [0.25, 0.3) is 0 Å². The molecule has 0 radical (unpaired) electrons. The number of halogens is 1. The minimum Gasteiger partial charge on any atom is -0.370 e. The molecule has 2 heterocycles. The number of rotatable bonds is 4.